The van der Waals surface area contributed by atoms with E-state index in [0.717, 1.165) is 11.8 Å². The van der Waals surface area contributed by atoms with E-state index in [1.54, 1.807) is 0 Å². The summed E-state index contributed by atoms with van der Waals surface area (Å²) in [4.78, 5) is 0. The highest BCUT2D eigenvalue weighted by molar-refractivity contribution is 14.1. The molecule has 1 fully saturated rings. The highest BCUT2D eigenvalue weighted by atomic mass is 127. The minimum atomic E-state index is 0.860. The number of hydrogen-bond acceptors (Lipinski definition) is 0. The largest absolute Gasteiger partial charge is 0.0879 e. The number of aryl methyl sites for hydroxylation is 1. The van der Waals surface area contributed by atoms with Crippen LogP contribution in [0.25, 0.3) is 0 Å². The van der Waals surface area contributed by atoms with Gasteiger partial charge in [-0.25, -0.2) is 0 Å². The van der Waals surface area contributed by atoms with Gasteiger partial charge in [0.25, 0.3) is 0 Å². The molecule has 1 aliphatic carbocycles. The Balaban J connectivity index is 1.60. The van der Waals surface area contributed by atoms with E-state index >= 15 is 0 Å². The van der Waals surface area contributed by atoms with Crippen LogP contribution in [-0.4, -0.2) is 0 Å². The van der Waals surface area contributed by atoms with Crippen molar-refractivity contribution in [3.8, 4) is 0 Å². The topological polar surface area (TPSA) is 0 Å². The minimum Gasteiger partial charge on any atom is -0.0879 e. The summed E-state index contributed by atoms with van der Waals surface area (Å²) in [6.07, 6.45) is 18.8. The lowest BCUT2D eigenvalue weighted by atomic mass is 9.79. The number of rotatable bonds is 8. The van der Waals surface area contributed by atoms with Gasteiger partial charge in [0, 0.05) is 3.57 Å². The second-order valence-electron chi connectivity index (χ2n) is 6.87. The second kappa shape index (κ2) is 10.5. The molecule has 1 heteroatoms. The zero-order valence-corrected chi connectivity index (χ0v) is 16.2. The molecule has 22 heavy (non-hydrogen) atoms. The maximum atomic E-state index is 2.51. The predicted molar refractivity (Wildman–Crippen MR) is 106 cm³/mol. The van der Waals surface area contributed by atoms with Crippen LogP contribution in [0.4, 0.5) is 0 Å². The monoisotopic (exact) mass is 410 g/mol. The third-order valence-electron chi connectivity index (χ3n) is 5.03. The fourth-order valence-corrected chi connectivity index (χ4v) is 3.90. The van der Waals surface area contributed by atoms with Crippen molar-refractivity contribution in [1.82, 2.24) is 0 Å². The summed E-state index contributed by atoms with van der Waals surface area (Å²) >= 11 is 2.37. The molecule has 1 aromatic carbocycles. The zero-order chi connectivity index (χ0) is 15.6. The SMILES string of the molecule is CCCCCC1CCC(C=CCCc2ccc(I)cc2)CC1. The molecule has 1 aromatic rings. The van der Waals surface area contributed by atoms with Crippen molar-refractivity contribution in [1.29, 1.82) is 0 Å². The number of hydrogen-bond donors (Lipinski definition) is 0. The fraction of sp³-hybridized carbons (Fsp3) is 0.619. The summed E-state index contributed by atoms with van der Waals surface area (Å²) in [6, 6.07) is 8.94. The Bertz CT molecular complexity index is 424. The Morgan fingerprint density at radius 1 is 1.05 bits per heavy atom. The first-order valence-corrected chi connectivity index (χ1v) is 10.3. The second-order valence-corrected chi connectivity index (χ2v) is 8.12. The molecule has 0 heterocycles. The van der Waals surface area contributed by atoms with Crippen molar-refractivity contribution in [3.05, 3.63) is 45.6 Å². The van der Waals surface area contributed by atoms with Crippen LogP contribution >= 0.6 is 22.6 Å². The Labute approximate surface area is 150 Å². The molecular formula is C21H31I. The van der Waals surface area contributed by atoms with Crippen molar-refractivity contribution in [3.63, 3.8) is 0 Å². The van der Waals surface area contributed by atoms with E-state index in [4.69, 9.17) is 0 Å². The summed E-state index contributed by atoms with van der Waals surface area (Å²) in [7, 11) is 0. The van der Waals surface area contributed by atoms with Gasteiger partial charge in [0.1, 0.15) is 0 Å². The van der Waals surface area contributed by atoms with E-state index in [1.807, 2.05) is 0 Å². The summed E-state index contributed by atoms with van der Waals surface area (Å²) < 4.78 is 1.33. The maximum Gasteiger partial charge on any atom is 0.0130 e. The van der Waals surface area contributed by atoms with Gasteiger partial charge in [0.2, 0.25) is 0 Å². The van der Waals surface area contributed by atoms with Crippen LogP contribution in [0.5, 0.6) is 0 Å². The molecule has 0 N–H and O–H groups in total. The van der Waals surface area contributed by atoms with Crippen LogP contribution in [0.2, 0.25) is 0 Å². The summed E-state index contributed by atoms with van der Waals surface area (Å²) in [5.74, 6) is 1.89. The van der Waals surface area contributed by atoms with Gasteiger partial charge < -0.3 is 0 Å². The molecule has 122 valence electrons. The van der Waals surface area contributed by atoms with E-state index in [0.29, 0.717) is 0 Å². The van der Waals surface area contributed by atoms with Gasteiger partial charge in [-0.3, -0.25) is 0 Å². The molecule has 0 unspecified atom stereocenters. The minimum absolute atomic E-state index is 0.860. The first-order valence-electron chi connectivity index (χ1n) is 9.19. The number of unbranched alkanes of at least 4 members (excludes halogenated alkanes) is 2. The average Bonchev–Trinajstić information content (AvgIpc) is 2.55. The molecule has 1 saturated carbocycles. The van der Waals surface area contributed by atoms with E-state index < -0.39 is 0 Å². The molecule has 0 aliphatic heterocycles. The number of halogens is 1. The predicted octanol–water partition coefficient (Wildman–Crippen LogP) is 7.17. The van der Waals surface area contributed by atoms with E-state index in [1.165, 1.54) is 73.3 Å². The van der Waals surface area contributed by atoms with Crippen molar-refractivity contribution < 1.29 is 0 Å². The lowest BCUT2D eigenvalue weighted by Crippen LogP contribution is -2.13. The molecule has 2 rings (SSSR count). The molecular weight excluding hydrogens is 379 g/mol. The van der Waals surface area contributed by atoms with Gasteiger partial charge in [-0.2, -0.15) is 0 Å². The van der Waals surface area contributed by atoms with Crippen molar-refractivity contribution in [2.45, 2.75) is 71.1 Å². The fourth-order valence-electron chi connectivity index (χ4n) is 3.54. The Morgan fingerprint density at radius 3 is 2.45 bits per heavy atom. The van der Waals surface area contributed by atoms with Crippen LogP contribution in [-0.2, 0) is 6.42 Å². The van der Waals surface area contributed by atoms with E-state index in [9.17, 15) is 0 Å². The van der Waals surface area contributed by atoms with Crippen LogP contribution in [0.3, 0.4) is 0 Å². The molecule has 0 bridgehead atoms. The normalized spacial score (nSPS) is 22.3. The van der Waals surface area contributed by atoms with Crippen LogP contribution in [0.1, 0.15) is 70.3 Å². The molecule has 0 atom stereocenters. The lowest BCUT2D eigenvalue weighted by Gasteiger charge is -2.26. The van der Waals surface area contributed by atoms with E-state index in [-0.39, 0.29) is 0 Å². The van der Waals surface area contributed by atoms with Gasteiger partial charge >= 0.3 is 0 Å². The summed E-state index contributed by atoms with van der Waals surface area (Å²) in [6.45, 7) is 2.30. The first-order chi connectivity index (χ1) is 10.8. The third-order valence-corrected chi connectivity index (χ3v) is 5.75. The Hall–Kier alpha value is -0.310. The van der Waals surface area contributed by atoms with Gasteiger partial charge in [-0.05, 0) is 90.6 Å². The summed E-state index contributed by atoms with van der Waals surface area (Å²) in [5.41, 5.74) is 1.46. The summed E-state index contributed by atoms with van der Waals surface area (Å²) in [5, 5.41) is 0. The lowest BCUT2D eigenvalue weighted by molar-refractivity contribution is 0.289. The molecule has 1 aliphatic rings. The van der Waals surface area contributed by atoms with Crippen molar-refractivity contribution in [2.75, 3.05) is 0 Å². The van der Waals surface area contributed by atoms with Gasteiger partial charge in [0.05, 0.1) is 0 Å². The first kappa shape index (κ1) is 18.0. The molecule has 0 spiro atoms. The van der Waals surface area contributed by atoms with Crippen molar-refractivity contribution in [2.24, 2.45) is 11.8 Å². The Kier molecular flexibility index (Phi) is 8.58. The molecule has 0 amide bonds. The highest BCUT2D eigenvalue weighted by Crippen LogP contribution is 2.32. The van der Waals surface area contributed by atoms with Gasteiger partial charge in [0.15, 0.2) is 0 Å². The molecule has 0 saturated heterocycles. The Morgan fingerprint density at radius 2 is 1.77 bits per heavy atom. The standard InChI is InChI=1S/C21H31I/c1-2-3-4-7-18-10-12-19(13-11-18)8-5-6-9-20-14-16-21(22)17-15-20/h5,8,14-19H,2-4,6-7,9-13H2,1H3. The number of benzene rings is 1. The van der Waals surface area contributed by atoms with E-state index in [2.05, 4.69) is 65.9 Å². The number of allylic oxidation sites excluding steroid dienone is 2. The van der Waals surface area contributed by atoms with Gasteiger partial charge in [-0.1, -0.05) is 56.9 Å². The van der Waals surface area contributed by atoms with Crippen LogP contribution in [0, 0.1) is 15.4 Å². The maximum absolute atomic E-state index is 2.51. The smallest absolute Gasteiger partial charge is 0.0130 e. The van der Waals surface area contributed by atoms with Gasteiger partial charge in [-0.15, -0.1) is 0 Å². The van der Waals surface area contributed by atoms with Crippen LogP contribution < -0.4 is 0 Å². The average molecular weight is 410 g/mol. The molecule has 0 aromatic heterocycles. The third kappa shape index (κ3) is 6.85. The zero-order valence-electron chi connectivity index (χ0n) is 14.1. The molecule has 0 nitrogen and oxygen atoms in total. The van der Waals surface area contributed by atoms with Crippen LogP contribution in [0.15, 0.2) is 36.4 Å². The highest BCUT2D eigenvalue weighted by Gasteiger charge is 2.18. The molecule has 0 radical (unpaired) electrons. The quantitative estimate of drug-likeness (QED) is 0.242. The van der Waals surface area contributed by atoms with Crippen molar-refractivity contribution >= 4 is 22.6 Å².